The maximum absolute atomic E-state index is 12.6. The Labute approximate surface area is 194 Å². The highest BCUT2D eigenvalue weighted by molar-refractivity contribution is 14.0. The van der Waals surface area contributed by atoms with Gasteiger partial charge in [-0.3, -0.25) is 19.6 Å². The molecule has 4 fully saturated rings. The molecule has 4 saturated heterocycles. The van der Waals surface area contributed by atoms with Crippen molar-refractivity contribution in [3.63, 3.8) is 0 Å². The molecule has 0 aromatic carbocycles. The van der Waals surface area contributed by atoms with Crippen molar-refractivity contribution in [1.82, 2.24) is 25.3 Å². The lowest BCUT2D eigenvalue weighted by molar-refractivity contribution is -0.136. The van der Waals surface area contributed by atoms with Crippen molar-refractivity contribution < 1.29 is 4.79 Å². The minimum atomic E-state index is 0. The van der Waals surface area contributed by atoms with Crippen molar-refractivity contribution >= 4 is 35.8 Å². The van der Waals surface area contributed by atoms with Gasteiger partial charge in [-0.1, -0.05) is 13.8 Å². The summed E-state index contributed by atoms with van der Waals surface area (Å²) < 4.78 is 0. The highest BCUT2D eigenvalue weighted by atomic mass is 127. The molecule has 1 atom stereocenters. The number of piperidine rings is 1. The van der Waals surface area contributed by atoms with E-state index < -0.39 is 0 Å². The van der Waals surface area contributed by atoms with Crippen molar-refractivity contribution in [3.8, 4) is 0 Å². The Balaban J connectivity index is 0.00000300. The number of likely N-dealkylation sites (tertiary alicyclic amines) is 1. The first kappa shape index (κ1) is 24.7. The molecule has 0 aliphatic carbocycles. The number of halogens is 1. The standard InChI is InChI=1S/C21H40N6O.HI/c1-4-17(5-2)20(28)27-9-7-18(8-10-27)24-21(22-6-3)23-15-19-16-25-11-13-26(19)14-12-25;/h17-19H,4-16H2,1-3H3,(H2,22,23,24);1H. The van der Waals surface area contributed by atoms with Crippen LogP contribution in [0.5, 0.6) is 0 Å². The van der Waals surface area contributed by atoms with Crippen LogP contribution in [-0.4, -0.2) is 97.6 Å². The molecular formula is C21H41IN6O. The van der Waals surface area contributed by atoms with Gasteiger partial charge in [-0.15, -0.1) is 24.0 Å². The molecule has 4 rings (SSSR count). The lowest BCUT2D eigenvalue weighted by atomic mass is 9.98. The number of guanidine groups is 1. The average Bonchev–Trinajstić information content (AvgIpc) is 2.74. The first-order valence-corrected chi connectivity index (χ1v) is 11.4. The van der Waals surface area contributed by atoms with Crippen LogP contribution in [0.2, 0.25) is 0 Å². The Morgan fingerprint density at radius 3 is 2.21 bits per heavy atom. The Morgan fingerprint density at radius 1 is 1.03 bits per heavy atom. The third-order valence-corrected chi connectivity index (χ3v) is 6.68. The van der Waals surface area contributed by atoms with Gasteiger partial charge >= 0.3 is 0 Å². The van der Waals surface area contributed by atoms with Gasteiger partial charge in [-0.05, 0) is 32.6 Å². The van der Waals surface area contributed by atoms with Gasteiger partial charge in [0.15, 0.2) is 5.96 Å². The van der Waals surface area contributed by atoms with E-state index in [0.29, 0.717) is 18.0 Å². The van der Waals surface area contributed by atoms with Gasteiger partial charge in [0, 0.05) is 70.4 Å². The minimum Gasteiger partial charge on any atom is -0.357 e. The number of carbonyl (C=O) groups is 1. The Morgan fingerprint density at radius 2 is 1.69 bits per heavy atom. The zero-order valence-electron chi connectivity index (χ0n) is 18.5. The molecule has 0 aromatic heterocycles. The van der Waals surface area contributed by atoms with E-state index in [4.69, 9.17) is 4.99 Å². The van der Waals surface area contributed by atoms with Gasteiger partial charge in [-0.2, -0.15) is 0 Å². The number of piperazine rings is 3. The summed E-state index contributed by atoms with van der Waals surface area (Å²) in [6.07, 6.45) is 3.89. The number of amides is 1. The van der Waals surface area contributed by atoms with Crippen molar-refractivity contribution in [2.24, 2.45) is 10.9 Å². The Bertz CT molecular complexity index is 525. The first-order valence-electron chi connectivity index (χ1n) is 11.4. The summed E-state index contributed by atoms with van der Waals surface area (Å²) in [4.78, 5) is 24.7. The zero-order chi connectivity index (χ0) is 19.9. The van der Waals surface area contributed by atoms with Gasteiger partial charge in [0.05, 0.1) is 6.54 Å². The van der Waals surface area contributed by atoms with Crippen LogP contribution in [-0.2, 0) is 4.79 Å². The van der Waals surface area contributed by atoms with E-state index in [0.717, 1.165) is 64.4 Å². The molecule has 0 saturated carbocycles. The van der Waals surface area contributed by atoms with Crippen LogP contribution in [0.15, 0.2) is 4.99 Å². The molecule has 4 heterocycles. The highest BCUT2D eigenvalue weighted by Crippen LogP contribution is 2.18. The van der Waals surface area contributed by atoms with Crippen molar-refractivity contribution in [3.05, 3.63) is 0 Å². The zero-order valence-corrected chi connectivity index (χ0v) is 20.9. The molecule has 168 valence electrons. The second-order valence-corrected chi connectivity index (χ2v) is 8.47. The molecule has 7 nitrogen and oxygen atoms in total. The van der Waals surface area contributed by atoms with Crippen LogP contribution in [0.3, 0.4) is 0 Å². The quantitative estimate of drug-likeness (QED) is 0.304. The second kappa shape index (κ2) is 12.3. The van der Waals surface area contributed by atoms with E-state index in [1.807, 2.05) is 0 Å². The van der Waals surface area contributed by atoms with E-state index in [1.54, 1.807) is 0 Å². The molecule has 4 aliphatic heterocycles. The topological polar surface area (TPSA) is 63.2 Å². The van der Waals surface area contributed by atoms with E-state index in [2.05, 4.69) is 46.1 Å². The van der Waals surface area contributed by atoms with Crippen LogP contribution in [0, 0.1) is 5.92 Å². The maximum Gasteiger partial charge on any atom is 0.225 e. The van der Waals surface area contributed by atoms with Gasteiger partial charge in [0.1, 0.15) is 0 Å². The molecule has 0 radical (unpaired) electrons. The third kappa shape index (κ3) is 6.69. The Kier molecular flexibility index (Phi) is 10.5. The van der Waals surface area contributed by atoms with Gasteiger partial charge < -0.3 is 15.5 Å². The molecule has 2 N–H and O–H groups in total. The largest absolute Gasteiger partial charge is 0.357 e. The van der Waals surface area contributed by atoms with E-state index in [-0.39, 0.29) is 29.9 Å². The van der Waals surface area contributed by atoms with E-state index in [9.17, 15) is 4.79 Å². The summed E-state index contributed by atoms with van der Waals surface area (Å²) in [6, 6.07) is 0.952. The number of hydrogen-bond donors (Lipinski definition) is 2. The third-order valence-electron chi connectivity index (χ3n) is 6.68. The van der Waals surface area contributed by atoms with Crippen LogP contribution >= 0.6 is 24.0 Å². The number of carbonyl (C=O) groups excluding carboxylic acids is 1. The fourth-order valence-corrected chi connectivity index (χ4v) is 4.75. The lowest BCUT2D eigenvalue weighted by Crippen LogP contribution is -2.62. The number of fused-ring (bicyclic) bond motifs is 3. The SMILES string of the molecule is CCNC(=NCC1CN2CCN1CC2)NC1CCN(C(=O)C(CC)CC)CC1.I. The van der Waals surface area contributed by atoms with Gasteiger partial charge in [-0.25, -0.2) is 0 Å². The smallest absolute Gasteiger partial charge is 0.225 e. The molecular weight excluding hydrogens is 479 g/mol. The average molecular weight is 521 g/mol. The summed E-state index contributed by atoms with van der Waals surface area (Å²) >= 11 is 0. The van der Waals surface area contributed by atoms with Gasteiger partial charge in [0.25, 0.3) is 0 Å². The number of hydrogen-bond acceptors (Lipinski definition) is 4. The molecule has 4 aliphatic rings. The minimum absolute atomic E-state index is 0. The summed E-state index contributed by atoms with van der Waals surface area (Å²) in [5, 5.41) is 7.04. The van der Waals surface area contributed by atoms with Crippen LogP contribution in [0.1, 0.15) is 46.5 Å². The monoisotopic (exact) mass is 520 g/mol. The number of rotatable bonds is 7. The number of aliphatic imine (C=N–C) groups is 1. The second-order valence-electron chi connectivity index (χ2n) is 8.47. The molecule has 1 amide bonds. The fourth-order valence-electron chi connectivity index (χ4n) is 4.75. The predicted octanol–water partition coefficient (Wildman–Crippen LogP) is 1.59. The molecule has 8 heteroatoms. The summed E-state index contributed by atoms with van der Waals surface area (Å²) in [6.45, 7) is 15.8. The predicted molar refractivity (Wildman–Crippen MR) is 130 cm³/mol. The summed E-state index contributed by atoms with van der Waals surface area (Å²) in [5.74, 6) is 1.48. The normalized spacial score (nSPS) is 27.7. The van der Waals surface area contributed by atoms with Crippen molar-refractivity contribution in [2.45, 2.75) is 58.5 Å². The summed E-state index contributed by atoms with van der Waals surface area (Å²) in [5.41, 5.74) is 0. The first-order chi connectivity index (χ1) is 13.6. The van der Waals surface area contributed by atoms with Crippen LogP contribution in [0.4, 0.5) is 0 Å². The van der Waals surface area contributed by atoms with Crippen LogP contribution < -0.4 is 10.6 Å². The number of nitrogens with one attached hydrogen (secondary N) is 2. The molecule has 0 aromatic rings. The highest BCUT2D eigenvalue weighted by Gasteiger charge is 2.31. The Hall–Kier alpha value is -0.610. The molecule has 2 bridgehead atoms. The van der Waals surface area contributed by atoms with Gasteiger partial charge in [0.2, 0.25) is 5.91 Å². The maximum atomic E-state index is 12.6. The van der Waals surface area contributed by atoms with E-state index in [1.165, 1.54) is 26.2 Å². The molecule has 29 heavy (non-hydrogen) atoms. The number of nitrogens with zero attached hydrogens (tertiary/aromatic N) is 4. The fraction of sp³-hybridized carbons (Fsp3) is 0.905. The van der Waals surface area contributed by atoms with Crippen molar-refractivity contribution in [1.29, 1.82) is 0 Å². The summed E-state index contributed by atoms with van der Waals surface area (Å²) in [7, 11) is 0. The molecule has 0 spiro atoms. The molecule has 1 unspecified atom stereocenters. The van der Waals surface area contributed by atoms with E-state index >= 15 is 0 Å². The lowest BCUT2D eigenvalue weighted by Gasteiger charge is -2.47. The van der Waals surface area contributed by atoms with Crippen molar-refractivity contribution in [2.75, 3.05) is 58.9 Å². The van der Waals surface area contributed by atoms with Crippen LogP contribution in [0.25, 0.3) is 0 Å².